The van der Waals surface area contributed by atoms with Gasteiger partial charge in [0.05, 0.1) is 23.9 Å². The van der Waals surface area contributed by atoms with E-state index in [1.165, 1.54) is 12.0 Å². The summed E-state index contributed by atoms with van der Waals surface area (Å²) in [4.78, 5) is 26.9. The van der Waals surface area contributed by atoms with Gasteiger partial charge in [-0.25, -0.2) is 4.79 Å². The molecule has 1 amide bonds. The number of carbonyl (C=O) groups is 2. The van der Waals surface area contributed by atoms with Gasteiger partial charge in [-0.1, -0.05) is 41.4 Å². The number of methoxy groups -OCH3 is 1. The van der Waals surface area contributed by atoms with Crippen molar-refractivity contribution >= 4 is 46.8 Å². The first-order valence-corrected chi connectivity index (χ1v) is 8.55. The Bertz CT molecular complexity index is 963. The number of nitrogens with zero attached hydrogens (tertiary/aromatic N) is 1. The van der Waals surface area contributed by atoms with Crippen LogP contribution in [0.5, 0.6) is 0 Å². The van der Waals surface area contributed by atoms with Crippen LogP contribution in [0.25, 0.3) is 6.08 Å². The third-order valence-corrected chi connectivity index (χ3v) is 4.49. The summed E-state index contributed by atoms with van der Waals surface area (Å²) < 4.78 is 4.88. The van der Waals surface area contributed by atoms with Crippen molar-refractivity contribution in [2.24, 2.45) is 0 Å². The lowest BCUT2D eigenvalue weighted by Crippen LogP contribution is -2.24. The normalized spacial score (nSPS) is 15.8. The maximum absolute atomic E-state index is 13.1. The van der Waals surface area contributed by atoms with E-state index in [1.807, 2.05) is 0 Å². The largest absolute Gasteiger partial charge is 0.465 e. The van der Waals surface area contributed by atoms with Crippen LogP contribution in [0.4, 0.5) is 5.69 Å². The molecule has 132 valence electrons. The highest BCUT2D eigenvalue weighted by Crippen LogP contribution is 2.36. The number of anilines is 1. The second-order valence-corrected chi connectivity index (χ2v) is 6.56. The zero-order chi connectivity index (χ0) is 18.8. The molecule has 0 aliphatic carbocycles. The summed E-state index contributed by atoms with van der Waals surface area (Å²) in [5, 5.41) is 1.03. The molecular formula is C20H15Cl2NO3. The predicted molar refractivity (Wildman–Crippen MR) is 103 cm³/mol. The van der Waals surface area contributed by atoms with Crippen LogP contribution in [-0.4, -0.2) is 19.0 Å². The molecule has 0 unspecified atom stereocenters. The van der Waals surface area contributed by atoms with E-state index >= 15 is 0 Å². The Morgan fingerprint density at radius 3 is 2.35 bits per heavy atom. The number of rotatable bonds is 3. The van der Waals surface area contributed by atoms with Crippen LogP contribution in [0.2, 0.25) is 10.0 Å². The van der Waals surface area contributed by atoms with Gasteiger partial charge in [-0.05, 0) is 48.9 Å². The molecule has 4 nitrogen and oxygen atoms in total. The summed E-state index contributed by atoms with van der Waals surface area (Å²) in [6, 6.07) is 13.9. The Hall–Kier alpha value is -2.56. The van der Waals surface area contributed by atoms with E-state index in [9.17, 15) is 9.59 Å². The summed E-state index contributed by atoms with van der Waals surface area (Å²) in [6.45, 7) is 1.70. The van der Waals surface area contributed by atoms with Gasteiger partial charge in [-0.15, -0.1) is 0 Å². The minimum Gasteiger partial charge on any atom is -0.465 e. The molecule has 0 fully saturated rings. The molecule has 0 N–H and O–H groups in total. The lowest BCUT2D eigenvalue weighted by atomic mass is 10.0. The summed E-state index contributed by atoms with van der Waals surface area (Å²) in [5.41, 5.74) is 2.24. The van der Waals surface area contributed by atoms with E-state index in [0.717, 1.165) is 0 Å². The average Bonchev–Trinajstić information content (AvgIpc) is 2.84. The van der Waals surface area contributed by atoms with Crippen molar-refractivity contribution in [1.82, 2.24) is 0 Å². The number of esters is 1. The lowest BCUT2D eigenvalue weighted by Gasteiger charge is -2.18. The van der Waals surface area contributed by atoms with Crippen molar-refractivity contribution in [1.29, 1.82) is 0 Å². The van der Waals surface area contributed by atoms with Gasteiger partial charge in [-0.2, -0.15) is 0 Å². The van der Waals surface area contributed by atoms with Gasteiger partial charge in [0, 0.05) is 15.7 Å². The van der Waals surface area contributed by atoms with Gasteiger partial charge in [0.15, 0.2) is 0 Å². The van der Waals surface area contributed by atoms with Gasteiger partial charge in [-0.3, -0.25) is 9.69 Å². The number of allylic oxidation sites excluding steroid dienone is 1. The topological polar surface area (TPSA) is 46.6 Å². The fourth-order valence-corrected chi connectivity index (χ4v) is 3.25. The van der Waals surface area contributed by atoms with Gasteiger partial charge in [0.2, 0.25) is 0 Å². The maximum Gasteiger partial charge on any atom is 0.340 e. The molecule has 2 aromatic carbocycles. The number of benzene rings is 2. The maximum atomic E-state index is 13.1. The molecule has 0 spiro atoms. The minimum atomic E-state index is -0.575. The predicted octanol–water partition coefficient (Wildman–Crippen LogP) is 4.87. The van der Waals surface area contributed by atoms with Crippen molar-refractivity contribution in [2.75, 3.05) is 12.0 Å². The number of carbonyl (C=O) groups excluding carboxylic acids is 2. The van der Waals surface area contributed by atoms with Crippen LogP contribution in [0, 0.1) is 0 Å². The highest BCUT2D eigenvalue weighted by atomic mass is 35.5. The second-order valence-electron chi connectivity index (χ2n) is 5.69. The molecule has 1 heterocycles. The molecule has 0 saturated carbocycles. The smallest absolute Gasteiger partial charge is 0.340 e. The molecule has 6 heteroatoms. The van der Waals surface area contributed by atoms with Crippen LogP contribution in [0.15, 0.2) is 65.4 Å². The van der Waals surface area contributed by atoms with Gasteiger partial charge < -0.3 is 4.74 Å². The third kappa shape index (κ3) is 3.39. The molecule has 3 rings (SSSR count). The lowest BCUT2D eigenvalue weighted by molar-refractivity contribution is -0.136. The molecular weight excluding hydrogens is 373 g/mol. The summed E-state index contributed by atoms with van der Waals surface area (Å²) in [6.07, 6.45) is 1.63. The number of hydrogen-bond donors (Lipinski definition) is 0. The van der Waals surface area contributed by atoms with Crippen LogP contribution in [0.3, 0.4) is 0 Å². The van der Waals surface area contributed by atoms with Gasteiger partial charge >= 0.3 is 5.97 Å². The Labute approximate surface area is 161 Å². The number of amides is 1. The Morgan fingerprint density at radius 1 is 1.08 bits per heavy atom. The van der Waals surface area contributed by atoms with Gasteiger partial charge in [0.25, 0.3) is 5.91 Å². The quantitative estimate of drug-likeness (QED) is 0.557. The van der Waals surface area contributed by atoms with E-state index < -0.39 is 5.97 Å². The highest BCUT2D eigenvalue weighted by Gasteiger charge is 2.37. The molecule has 1 aliphatic heterocycles. The SMILES string of the molecule is COC(=O)C1=C(C)N(c2cccc(Cl)c2)C(=O)/C1=C\c1cccc(Cl)c1. The zero-order valence-electron chi connectivity index (χ0n) is 14.1. The van der Waals surface area contributed by atoms with Crippen LogP contribution >= 0.6 is 23.2 Å². The van der Waals surface area contributed by atoms with E-state index in [-0.39, 0.29) is 17.1 Å². The molecule has 0 bridgehead atoms. The zero-order valence-corrected chi connectivity index (χ0v) is 15.6. The fraction of sp³-hybridized carbons (Fsp3) is 0.100. The molecule has 0 aromatic heterocycles. The Morgan fingerprint density at radius 2 is 1.73 bits per heavy atom. The fourth-order valence-electron chi connectivity index (χ4n) is 2.87. The van der Waals surface area contributed by atoms with E-state index in [0.29, 0.717) is 27.0 Å². The summed E-state index contributed by atoms with van der Waals surface area (Å²) >= 11 is 12.1. The second kappa shape index (κ2) is 7.36. The van der Waals surface area contributed by atoms with E-state index in [2.05, 4.69) is 0 Å². The third-order valence-electron chi connectivity index (χ3n) is 4.02. The molecule has 26 heavy (non-hydrogen) atoms. The van der Waals surface area contributed by atoms with Crippen molar-refractivity contribution in [3.05, 3.63) is 81.0 Å². The van der Waals surface area contributed by atoms with Crippen LogP contribution in [0.1, 0.15) is 12.5 Å². The number of ether oxygens (including phenoxy) is 1. The van der Waals surface area contributed by atoms with E-state index in [1.54, 1.807) is 61.5 Å². The summed E-state index contributed by atoms with van der Waals surface area (Å²) in [7, 11) is 1.28. The molecule has 0 saturated heterocycles. The van der Waals surface area contributed by atoms with E-state index in [4.69, 9.17) is 27.9 Å². The van der Waals surface area contributed by atoms with Crippen molar-refractivity contribution in [2.45, 2.75) is 6.92 Å². The first-order valence-electron chi connectivity index (χ1n) is 7.79. The van der Waals surface area contributed by atoms with Crippen LogP contribution in [-0.2, 0) is 14.3 Å². The Balaban J connectivity index is 2.15. The number of hydrogen-bond acceptors (Lipinski definition) is 3. The van der Waals surface area contributed by atoms with Crippen molar-refractivity contribution < 1.29 is 14.3 Å². The van der Waals surface area contributed by atoms with Gasteiger partial charge in [0.1, 0.15) is 0 Å². The molecule has 1 aliphatic rings. The average molecular weight is 388 g/mol. The first-order chi connectivity index (χ1) is 12.4. The summed E-state index contributed by atoms with van der Waals surface area (Å²) in [5.74, 6) is -0.904. The first kappa shape index (κ1) is 18.2. The Kier molecular flexibility index (Phi) is 5.16. The highest BCUT2D eigenvalue weighted by molar-refractivity contribution is 6.31. The molecule has 2 aromatic rings. The number of halogens is 2. The standard InChI is InChI=1S/C20H15Cl2NO3/c1-12-18(20(25)26-2)17(10-13-5-3-6-14(21)9-13)19(24)23(12)16-8-4-7-15(22)11-16/h3-11H,1-2H3/b17-10-. The molecule has 0 radical (unpaired) electrons. The van der Waals surface area contributed by atoms with Crippen molar-refractivity contribution in [3.63, 3.8) is 0 Å². The minimum absolute atomic E-state index is 0.220. The molecule has 0 atom stereocenters. The van der Waals surface area contributed by atoms with Crippen molar-refractivity contribution in [3.8, 4) is 0 Å². The monoisotopic (exact) mass is 387 g/mol. The van der Waals surface area contributed by atoms with Crippen LogP contribution < -0.4 is 4.90 Å².